The molecule has 0 amide bonds. The Kier molecular flexibility index (Phi) is 6.91. The summed E-state index contributed by atoms with van der Waals surface area (Å²) in [6.45, 7) is 5.67. The third-order valence-electron chi connectivity index (χ3n) is 6.07. The highest BCUT2D eigenvalue weighted by Crippen LogP contribution is 2.36. The van der Waals surface area contributed by atoms with Crippen LogP contribution in [0.25, 0.3) is 16.2 Å². The Morgan fingerprint density at radius 2 is 1.79 bits per heavy atom. The third kappa shape index (κ3) is 5.22. The van der Waals surface area contributed by atoms with E-state index in [4.69, 9.17) is 4.74 Å². The number of aromatic nitrogens is 2. The molecule has 34 heavy (non-hydrogen) atoms. The van der Waals surface area contributed by atoms with Gasteiger partial charge in [0.1, 0.15) is 0 Å². The van der Waals surface area contributed by atoms with Crippen molar-refractivity contribution >= 4 is 26.4 Å². The molecule has 0 saturated carbocycles. The molecule has 0 spiro atoms. The van der Waals surface area contributed by atoms with Crippen LogP contribution in [-0.4, -0.2) is 36.8 Å². The molecule has 0 aliphatic carbocycles. The lowest BCUT2D eigenvalue weighted by molar-refractivity contribution is -0.137. The lowest BCUT2D eigenvalue weighted by Gasteiger charge is -2.36. The number of hydrogen-bond donors (Lipinski definition) is 0. The zero-order chi connectivity index (χ0) is 24.5. The van der Waals surface area contributed by atoms with E-state index in [0.29, 0.717) is 11.3 Å². The van der Waals surface area contributed by atoms with Gasteiger partial charge in [-0.05, 0) is 48.3 Å². The van der Waals surface area contributed by atoms with Crippen LogP contribution in [0.3, 0.4) is 0 Å². The van der Waals surface area contributed by atoms with Gasteiger partial charge in [-0.3, -0.25) is 4.68 Å². The SMILES string of the molecule is CC(C)C([N-]c1ccc(C(F)(F)F)cc1)S(=O)(=O)c1ccc2c(cnn2CC2CCOCC2)c1. The second-order valence-corrected chi connectivity index (χ2v) is 11.0. The largest absolute Gasteiger partial charge is 0.669 e. The topological polar surface area (TPSA) is 75.3 Å². The lowest BCUT2D eigenvalue weighted by Crippen LogP contribution is -2.25. The number of nitrogens with zero attached hydrogens (tertiary/aromatic N) is 3. The normalized spacial score (nSPS) is 16.8. The Morgan fingerprint density at radius 1 is 1.12 bits per heavy atom. The van der Waals surface area contributed by atoms with E-state index in [-0.39, 0.29) is 16.5 Å². The van der Waals surface area contributed by atoms with Crippen LogP contribution in [0.4, 0.5) is 18.9 Å². The molecule has 6 nitrogen and oxygen atoms in total. The molecule has 2 aromatic carbocycles. The maximum absolute atomic E-state index is 13.5. The fourth-order valence-corrected chi connectivity index (χ4v) is 5.97. The van der Waals surface area contributed by atoms with E-state index in [2.05, 4.69) is 10.4 Å². The number of rotatable bonds is 7. The minimum absolute atomic E-state index is 0.111. The summed E-state index contributed by atoms with van der Waals surface area (Å²) in [7, 11) is -3.89. The molecule has 1 aromatic heterocycles. The van der Waals surface area contributed by atoms with Crippen molar-refractivity contribution in [1.82, 2.24) is 9.78 Å². The summed E-state index contributed by atoms with van der Waals surface area (Å²) in [4.78, 5) is 0.111. The van der Waals surface area contributed by atoms with E-state index < -0.39 is 27.0 Å². The van der Waals surface area contributed by atoms with E-state index in [1.54, 1.807) is 38.2 Å². The maximum atomic E-state index is 13.5. The molecule has 0 N–H and O–H groups in total. The second-order valence-electron chi connectivity index (χ2n) is 8.96. The van der Waals surface area contributed by atoms with Gasteiger partial charge in [0.25, 0.3) is 0 Å². The summed E-state index contributed by atoms with van der Waals surface area (Å²) in [5.41, 5.74) is 0.227. The highest BCUT2D eigenvalue weighted by molar-refractivity contribution is 7.92. The van der Waals surface area contributed by atoms with Crippen LogP contribution in [0.5, 0.6) is 0 Å². The summed E-state index contributed by atoms with van der Waals surface area (Å²) in [5, 5.41) is 8.33. The predicted octanol–water partition coefficient (Wildman–Crippen LogP) is 5.94. The fraction of sp³-hybridized carbons (Fsp3) is 0.458. The Labute approximate surface area is 197 Å². The molecule has 0 radical (unpaired) electrons. The van der Waals surface area contributed by atoms with E-state index in [1.807, 2.05) is 4.68 Å². The molecular formula is C24H27F3N3O3S-. The summed E-state index contributed by atoms with van der Waals surface area (Å²) >= 11 is 0. The number of sulfone groups is 1. The van der Waals surface area contributed by atoms with Gasteiger partial charge >= 0.3 is 6.18 Å². The van der Waals surface area contributed by atoms with E-state index in [9.17, 15) is 21.6 Å². The Hall–Kier alpha value is -2.59. The van der Waals surface area contributed by atoms with Crippen molar-refractivity contribution in [2.45, 2.75) is 49.7 Å². The molecule has 0 bridgehead atoms. The predicted molar refractivity (Wildman–Crippen MR) is 124 cm³/mol. The van der Waals surface area contributed by atoms with Crippen LogP contribution >= 0.6 is 0 Å². The molecule has 1 atom stereocenters. The average Bonchev–Trinajstić information content (AvgIpc) is 3.19. The molecular weight excluding hydrogens is 467 g/mol. The summed E-state index contributed by atoms with van der Waals surface area (Å²) in [6.07, 6.45) is -0.873. The van der Waals surface area contributed by atoms with Gasteiger partial charge in [0, 0.05) is 25.1 Å². The Balaban J connectivity index is 1.57. The molecule has 184 valence electrons. The standard InChI is InChI=1S/C24H27F3N3O3S/c1-16(2)23(29-20-5-3-19(4-6-20)24(25,26)27)34(31,32)21-7-8-22-18(13-21)14-28-30(22)15-17-9-11-33-12-10-17/h3-8,13-14,16-17,23H,9-12,15H2,1-2H3/q-1. The van der Waals surface area contributed by atoms with Crippen molar-refractivity contribution in [3.8, 4) is 0 Å². The Morgan fingerprint density at radius 3 is 2.41 bits per heavy atom. The van der Waals surface area contributed by atoms with Crippen LogP contribution in [-0.2, 0) is 27.3 Å². The third-order valence-corrected chi connectivity index (χ3v) is 8.27. The molecule has 3 aromatic rings. The first-order chi connectivity index (χ1) is 16.1. The lowest BCUT2D eigenvalue weighted by atomic mass is 10.0. The average molecular weight is 495 g/mol. The Bertz CT molecular complexity index is 1230. The van der Waals surface area contributed by atoms with Crippen LogP contribution in [0.2, 0.25) is 0 Å². The quantitative estimate of drug-likeness (QED) is 0.407. The number of halogens is 3. The van der Waals surface area contributed by atoms with Crippen molar-refractivity contribution in [3.05, 3.63) is 59.5 Å². The zero-order valence-corrected chi connectivity index (χ0v) is 19.8. The first-order valence-corrected chi connectivity index (χ1v) is 12.8. The molecule has 1 aliphatic rings. The second kappa shape index (κ2) is 9.58. The monoisotopic (exact) mass is 494 g/mol. The first kappa shape index (κ1) is 24.5. The number of hydrogen-bond acceptors (Lipinski definition) is 4. The van der Waals surface area contributed by atoms with Gasteiger partial charge in [-0.1, -0.05) is 38.1 Å². The smallest absolute Gasteiger partial charge is 0.416 e. The van der Waals surface area contributed by atoms with Crippen molar-refractivity contribution in [2.24, 2.45) is 11.8 Å². The molecule has 1 unspecified atom stereocenters. The van der Waals surface area contributed by atoms with Gasteiger partial charge in [-0.2, -0.15) is 18.3 Å². The number of ether oxygens (including phenoxy) is 1. The van der Waals surface area contributed by atoms with Gasteiger partial charge in [-0.25, -0.2) is 8.42 Å². The van der Waals surface area contributed by atoms with Gasteiger partial charge in [0.15, 0.2) is 9.84 Å². The molecule has 4 rings (SSSR count). The number of fused-ring (bicyclic) bond motifs is 1. The van der Waals surface area contributed by atoms with Crippen LogP contribution in [0.1, 0.15) is 32.3 Å². The molecule has 10 heteroatoms. The van der Waals surface area contributed by atoms with E-state index in [1.165, 1.54) is 12.1 Å². The van der Waals surface area contributed by atoms with Gasteiger partial charge in [0.2, 0.25) is 0 Å². The van der Waals surface area contributed by atoms with Crippen LogP contribution < -0.4 is 0 Å². The molecule has 1 saturated heterocycles. The van der Waals surface area contributed by atoms with E-state index in [0.717, 1.165) is 50.2 Å². The number of benzene rings is 2. The maximum Gasteiger partial charge on any atom is 0.416 e. The highest BCUT2D eigenvalue weighted by atomic mass is 32.2. The van der Waals surface area contributed by atoms with Crippen LogP contribution in [0, 0.1) is 11.8 Å². The molecule has 2 heterocycles. The number of alkyl halides is 3. The van der Waals surface area contributed by atoms with E-state index >= 15 is 0 Å². The van der Waals surface area contributed by atoms with Crippen LogP contribution in [0.15, 0.2) is 53.6 Å². The fourth-order valence-electron chi connectivity index (χ4n) is 4.16. The van der Waals surface area contributed by atoms with Gasteiger partial charge < -0.3 is 10.1 Å². The van der Waals surface area contributed by atoms with Crippen molar-refractivity contribution < 1.29 is 26.3 Å². The van der Waals surface area contributed by atoms with Gasteiger partial charge in [0.05, 0.1) is 22.2 Å². The zero-order valence-electron chi connectivity index (χ0n) is 19.0. The molecule has 1 fully saturated rings. The minimum Gasteiger partial charge on any atom is -0.669 e. The first-order valence-electron chi connectivity index (χ1n) is 11.2. The van der Waals surface area contributed by atoms with Crippen molar-refractivity contribution in [3.63, 3.8) is 0 Å². The summed E-state index contributed by atoms with van der Waals surface area (Å²) in [6, 6.07) is 9.09. The van der Waals surface area contributed by atoms with Crippen molar-refractivity contribution in [2.75, 3.05) is 13.2 Å². The van der Waals surface area contributed by atoms with Crippen molar-refractivity contribution in [1.29, 1.82) is 0 Å². The highest BCUT2D eigenvalue weighted by Gasteiger charge is 2.30. The minimum atomic E-state index is -4.47. The van der Waals surface area contributed by atoms with Gasteiger partial charge in [-0.15, -0.1) is 5.69 Å². The molecule has 1 aliphatic heterocycles. The summed E-state index contributed by atoms with van der Waals surface area (Å²) < 4.78 is 72.7. The summed E-state index contributed by atoms with van der Waals surface area (Å²) in [5.74, 6) is 0.0762.